The highest BCUT2D eigenvalue weighted by Crippen LogP contribution is 2.18. The van der Waals surface area contributed by atoms with Gasteiger partial charge in [0.05, 0.1) is 0 Å². The zero-order chi connectivity index (χ0) is 54.3. The van der Waals surface area contributed by atoms with Crippen LogP contribution in [0.25, 0.3) is 0 Å². The first kappa shape index (κ1) is 72.9. The van der Waals surface area contributed by atoms with Gasteiger partial charge in [-0.15, -0.1) is 0 Å². The Balaban J connectivity index is 4.31. The lowest BCUT2D eigenvalue weighted by molar-refractivity contribution is -0.167. The van der Waals surface area contributed by atoms with Gasteiger partial charge in [0, 0.05) is 19.3 Å². The van der Waals surface area contributed by atoms with Gasteiger partial charge < -0.3 is 14.2 Å². The van der Waals surface area contributed by atoms with Gasteiger partial charge in [-0.05, 0) is 70.6 Å². The molecule has 0 bridgehead atoms. The molecule has 0 aromatic carbocycles. The van der Waals surface area contributed by atoms with E-state index >= 15 is 0 Å². The van der Waals surface area contributed by atoms with Crippen molar-refractivity contribution in [3.05, 3.63) is 24.3 Å². The van der Waals surface area contributed by atoms with Gasteiger partial charge in [-0.1, -0.05) is 315 Å². The van der Waals surface area contributed by atoms with Crippen molar-refractivity contribution >= 4 is 17.9 Å². The van der Waals surface area contributed by atoms with Crippen LogP contribution in [0.1, 0.15) is 380 Å². The SMILES string of the molecule is CCCCCCCC/C=C\CCCCCCCCCC(=O)OCC(COC(=O)CCCCCCCCCCC/C=C\CCCCCCCCCC)OC(=O)CCCCCCCCCCCCCCCCCCCCC. The normalized spacial score (nSPS) is 12.1. The van der Waals surface area contributed by atoms with E-state index in [1.165, 1.54) is 283 Å². The van der Waals surface area contributed by atoms with E-state index in [1.54, 1.807) is 0 Å². The minimum Gasteiger partial charge on any atom is -0.462 e. The van der Waals surface area contributed by atoms with Crippen LogP contribution in [0.4, 0.5) is 0 Å². The highest BCUT2D eigenvalue weighted by molar-refractivity contribution is 5.71. The summed E-state index contributed by atoms with van der Waals surface area (Å²) in [5, 5.41) is 0. The van der Waals surface area contributed by atoms with E-state index in [4.69, 9.17) is 14.2 Å². The van der Waals surface area contributed by atoms with E-state index in [9.17, 15) is 14.4 Å². The number of carbonyl (C=O) groups is 3. The second-order valence-corrected chi connectivity index (χ2v) is 23.1. The van der Waals surface area contributed by atoms with Crippen molar-refractivity contribution in [2.45, 2.75) is 386 Å². The minimum atomic E-state index is -0.771. The number of allylic oxidation sites excluding steroid dienone is 4. The van der Waals surface area contributed by atoms with E-state index in [0.29, 0.717) is 19.3 Å². The fourth-order valence-corrected chi connectivity index (χ4v) is 10.3. The summed E-state index contributed by atoms with van der Waals surface area (Å²) >= 11 is 0. The molecule has 6 nitrogen and oxygen atoms in total. The summed E-state index contributed by atoms with van der Waals surface area (Å²) in [6.07, 6.45) is 77.6. The average molecular weight is 1060 g/mol. The Kier molecular flexibility index (Phi) is 62.6. The van der Waals surface area contributed by atoms with Gasteiger partial charge >= 0.3 is 17.9 Å². The van der Waals surface area contributed by atoms with Crippen molar-refractivity contribution in [3.8, 4) is 0 Å². The van der Waals surface area contributed by atoms with Crippen molar-refractivity contribution in [1.82, 2.24) is 0 Å². The first-order chi connectivity index (χ1) is 37.0. The first-order valence-electron chi connectivity index (χ1n) is 33.8. The molecule has 0 aliphatic carbocycles. The van der Waals surface area contributed by atoms with Crippen LogP contribution < -0.4 is 0 Å². The minimum absolute atomic E-state index is 0.0684. The van der Waals surface area contributed by atoms with Crippen molar-refractivity contribution < 1.29 is 28.6 Å². The standard InChI is InChI=1S/C69H130O6/c1-4-7-10-13-16-19-22-25-28-31-33-34-36-38-41-44-47-50-53-56-59-62-68(71)74-65-66(64-73-67(70)61-58-55-52-49-46-43-40-37-30-27-24-21-18-15-12-9-6-3)75-69(72)63-60-57-54-51-48-45-42-39-35-32-29-26-23-20-17-14-11-8-5-2/h27,30-31,33,66H,4-26,28-29,32,34-65H2,1-3H3/b30-27-,33-31-. The molecule has 0 spiro atoms. The van der Waals surface area contributed by atoms with Gasteiger partial charge in [-0.3, -0.25) is 14.4 Å². The Bertz CT molecular complexity index is 1210. The van der Waals surface area contributed by atoms with Crippen LogP contribution in [0.15, 0.2) is 24.3 Å². The zero-order valence-electron chi connectivity index (χ0n) is 50.8. The van der Waals surface area contributed by atoms with Crippen LogP contribution in [-0.4, -0.2) is 37.2 Å². The average Bonchev–Trinajstić information content (AvgIpc) is 3.41. The van der Waals surface area contributed by atoms with Gasteiger partial charge in [0.15, 0.2) is 6.10 Å². The quantitative estimate of drug-likeness (QED) is 0.0261. The molecule has 75 heavy (non-hydrogen) atoms. The first-order valence-corrected chi connectivity index (χ1v) is 33.8. The smallest absolute Gasteiger partial charge is 0.306 e. The second-order valence-electron chi connectivity index (χ2n) is 23.1. The van der Waals surface area contributed by atoms with E-state index in [1.807, 2.05) is 0 Å². The van der Waals surface area contributed by atoms with E-state index in [-0.39, 0.29) is 31.1 Å². The highest BCUT2D eigenvalue weighted by atomic mass is 16.6. The number of hydrogen-bond acceptors (Lipinski definition) is 6. The molecular formula is C69H130O6. The second kappa shape index (κ2) is 64.4. The lowest BCUT2D eigenvalue weighted by Gasteiger charge is -2.18. The molecule has 0 saturated heterocycles. The predicted molar refractivity (Wildman–Crippen MR) is 326 cm³/mol. The Morgan fingerprint density at radius 3 is 0.667 bits per heavy atom. The summed E-state index contributed by atoms with van der Waals surface area (Å²) in [5.41, 5.74) is 0. The lowest BCUT2D eigenvalue weighted by Crippen LogP contribution is -2.30. The van der Waals surface area contributed by atoms with Crippen LogP contribution in [0.2, 0.25) is 0 Å². The molecule has 0 saturated carbocycles. The maximum Gasteiger partial charge on any atom is 0.306 e. The predicted octanol–water partition coefficient (Wildman–Crippen LogP) is 23.0. The van der Waals surface area contributed by atoms with E-state index in [2.05, 4.69) is 45.1 Å². The number of unbranched alkanes of at least 4 members (excludes halogenated alkanes) is 48. The van der Waals surface area contributed by atoms with Gasteiger partial charge in [0.1, 0.15) is 13.2 Å². The van der Waals surface area contributed by atoms with Crippen LogP contribution in [0.5, 0.6) is 0 Å². The maximum atomic E-state index is 12.9. The molecule has 442 valence electrons. The lowest BCUT2D eigenvalue weighted by atomic mass is 10.0. The van der Waals surface area contributed by atoms with Crippen molar-refractivity contribution in [1.29, 1.82) is 0 Å². The molecular weight excluding hydrogens is 925 g/mol. The molecule has 0 fully saturated rings. The molecule has 1 atom stereocenters. The Morgan fingerprint density at radius 2 is 0.440 bits per heavy atom. The maximum absolute atomic E-state index is 12.9. The number of rotatable bonds is 63. The molecule has 0 radical (unpaired) electrons. The summed E-state index contributed by atoms with van der Waals surface area (Å²) in [4.78, 5) is 38.4. The fourth-order valence-electron chi connectivity index (χ4n) is 10.3. The van der Waals surface area contributed by atoms with Crippen molar-refractivity contribution in [2.75, 3.05) is 13.2 Å². The third kappa shape index (κ3) is 62.6. The third-order valence-corrected chi connectivity index (χ3v) is 15.4. The van der Waals surface area contributed by atoms with Crippen molar-refractivity contribution in [2.24, 2.45) is 0 Å². The Morgan fingerprint density at radius 1 is 0.253 bits per heavy atom. The number of carbonyl (C=O) groups excluding carboxylic acids is 3. The fraction of sp³-hybridized carbons (Fsp3) is 0.899. The van der Waals surface area contributed by atoms with Gasteiger partial charge in [-0.2, -0.15) is 0 Å². The van der Waals surface area contributed by atoms with Crippen LogP contribution in [0, 0.1) is 0 Å². The van der Waals surface area contributed by atoms with Crippen LogP contribution >= 0.6 is 0 Å². The van der Waals surface area contributed by atoms with Gasteiger partial charge in [0.25, 0.3) is 0 Å². The van der Waals surface area contributed by atoms with Gasteiger partial charge in [-0.25, -0.2) is 0 Å². The van der Waals surface area contributed by atoms with E-state index < -0.39 is 6.10 Å². The summed E-state index contributed by atoms with van der Waals surface area (Å²) in [6, 6.07) is 0. The molecule has 0 aromatic rings. The van der Waals surface area contributed by atoms with Crippen molar-refractivity contribution in [3.63, 3.8) is 0 Å². The highest BCUT2D eigenvalue weighted by Gasteiger charge is 2.19. The van der Waals surface area contributed by atoms with Crippen LogP contribution in [0.3, 0.4) is 0 Å². The summed E-state index contributed by atoms with van der Waals surface area (Å²) < 4.78 is 17.0. The number of hydrogen-bond donors (Lipinski definition) is 0. The summed E-state index contributed by atoms with van der Waals surface area (Å²) in [7, 11) is 0. The monoisotopic (exact) mass is 1050 g/mol. The molecule has 0 heterocycles. The molecule has 0 aliphatic rings. The summed E-state index contributed by atoms with van der Waals surface area (Å²) in [5.74, 6) is -0.844. The molecule has 0 aromatic heterocycles. The summed E-state index contributed by atoms with van der Waals surface area (Å²) in [6.45, 7) is 6.71. The molecule has 0 N–H and O–H groups in total. The largest absolute Gasteiger partial charge is 0.462 e. The molecule has 1 unspecified atom stereocenters. The Labute approximate surface area is 468 Å². The zero-order valence-corrected chi connectivity index (χ0v) is 50.8. The molecule has 0 aliphatic heterocycles. The number of ether oxygens (including phenoxy) is 3. The molecule has 6 heteroatoms. The van der Waals surface area contributed by atoms with E-state index in [0.717, 1.165) is 57.8 Å². The number of esters is 3. The Hall–Kier alpha value is -2.11. The third-order valence-electron chi connectivity index (χ3n) is 15.4. The topological polar surface area (TPSA) is 78.9 Å². The molecule has 0 amide bonds. The molecule has 0 rings (SSSR count). The van der Waals surface area contributed by atoms with Crippen LogP contribution in [-0.2, 0) is 28.6 Å². The van der Waals surface area contributed by atoms with Gasteiger partial charge in [0.2, 0.25) is 0 Å².